The summed E-state index contributed by atoms with van der Waals surface area (Å²) in [5, 5.41) is 2.70. The molecule has 0 radical (unpaired) electrons. The van der Waals surface area contributed by atoms with Gasteiger partial charge in [0.05, 0.1) is 7.11 Å². The van der Waals surface area contributed by atoms with E-state index in [1.54, 1.807) is 12.7 Å². The molecular weight excluding hydrogens is 220 g/mol. The molecule has 0 saturated heterocycles. The first kappa shape index (κ1) is 11.6. The fraction of sp³-hybridized carbons (Fsp3) is 0.412. The van der Waals surface area contributed by atoms with E-state index in [1.165, 1.54) is 35.6 Å². The summed E-state index contributed by atoms with van der Waals surface area (Å²) in [4.78, 5) is 0. The van der Waals surface area contributed by atoms with Crippen molar-refractivity contribution in [2.24, 2.45) is 0 Å². The molecule has 1 aliphatic rings. The van der Waals surface area contributed by atoms with Crippen LogP contribution in [0.5, 0.6) is 5.75 Å². The normalized spacial score (nSPS) is 17.5. The highest BCUT2D eigenvalue weighted by atomic mass is 16.5. The molecule has 0 N–H and O–H groups in total. The second-order valence-electron chi connectivity index (χ2n) is 5.92. The number of hydrogen-bond donors (Lipinski definition) is 0. The summed E-state index contributed by atoms with van der Waals surface area (Å²) in [6, 6.07) is 11.0. The van der Waals surface area contributed by atoms with Crippen molar-refractivity contribution in [2.45, 2.75) is 38.5 Å². The Kier molecular flexibility index (Phi) is 2.58. The fourth-order valence-corrected chi connectivity index (χ4v) is 3.24. The van der Waals surface area contributed by atoms with Gasteiger partial charge in [0.2, 0.25) is 0 Å². The highest BCUT2D eigenvalue weighted by Crippen LogP contribution is 2.40. The monoisotopic (exact) mass is 240 g/mol. The summed E-state index contributed by atoms with van der Waals surface area (Å²) in [6.07, 6.45) is 3.80. The zero-order chi connectivity index (χ0) is 12.8. The molecule has 0 saturated carbocycles. The number of fused-ring (bicyclic) bond motifs is 3. The molecule has 1 heteroatoms. The third-order valence-electron chi connectivity index (χ3n) is 4.30. The van der Waals surface area contributed by atoms with Gasteiger partial charge in [-0.15, -0.1) is 0 Å². The van der Waals surface area contributed by atoms with Crippen LogP contribution >= 0.6 is 0 Å². The molecule has 0 bridgehead atoms. The van der Waals surface area contributed by atoms with Crippen molar-refractivity contribution in [2.75, 3.05) is 7.11 Å². The van der Waals surface area contributed by atoms with E-state index in [2.05, 4.69) is 44.2 Å². The summed E-state index contributed by atoms with van der Waals surface area (Å²) in [7, 11) is 1.72. The zero-order valence-corrected chi connectivity index (χ0v) is 11.4. The second-order valence-corrected chi connectivity index (χ2v) is 5.92. The Morgan fingerprint density at radius 2 is 1.94 bits per heavy atom. The Morgan fingerprint density at radius 1 is 1.11 bits per heavy atom. The van der Waals surface area contributed by atoms with Gasteiger partial charge in [0, 0.05) is 0 Å². The lowest BCUT2D eigenvalue weighted by Gasteiger charge is -2.33. The summed E-state index contributed by atoms with van der Waals surface area (Å²) in [6.45, 7) is 4.72. The first-order valence-electron chi connectivity index (χ1n) is 6.72. The lowest BCUT2D eigenvalue weighted by molar-refractivity contribution is 0.415. The molecule has 18 heavy (non-hydrogen) atoms. The van der Waals surface area contributed by atoms with E-state index < -0.39 is 0 Å². The highest BCUT2D eigenvalue weighted by molar-refractivity contribution is 5.88. The van der Waals surface area contributed by atoms with E-state index in [-0.39, 0.29) is 0 Å². The largest absolute Gasteiger partial charge is 0.497 e. The minimum absolute atomic E-state index is 0.321. The number of rotatable bonds is 1. The van der Waals surface area contributed by atoms with Crippen molar-refractivity contribution in [1.82, 2.24) is 0 Å². The minimum atomic E-state index is 0.321. The summed E-state index contributed by atoms with van der Waals surface area (Å²) < 4.78 is 5.31. The third kappa shape index (κ3) is 1.69. The molecule has 1 nitrogen and oxygen atoms in total. The summed E-state index contributed by atoms with van der Waals surface area (Å²) in [5.74, 6) is 0.942. The predicted molar refractivity (Wildman–Crippen MR) is 76.5 cm³/mol. The summed E-state index contributed by atoms with van der Waals surface area (Å²) in [5.41, 5.74) is 3.40. The van der Waals surface area contributed by atoms with E-state index in [9.17, 15) is 0 Å². The van der Waals surface area contributed by atoms with Gasteiger partial charge in [-0.2, -0.15) is 0 Å². The van der Waals surface area contributed by atoms with Crippen LogP contribution < -0.4 is 4.74 Å². The van der Waals surface area contributed by atoms with E-state index in [0.717, 1.165) is 5.75 Å². The zero-order valence-electron chi connectivity index (χ0n) is 11.4. The number of benzene rings is 2. The molecule has 2 aromatic rings. The Balaban J connectivity index is 2.26. The maximum Gasteiger partial charge on any atom is 0.119 e. The molecule has 1 aliphatic carbocycles. The SMILES string of the molecule is COc1ccc2c3c(ccc2c1)C(C)(C)CCC3. The van der Waals surface area contributed by atoms with Crippen molar-refractivity contribution in [3.8, 4) is 5.75 Å². The van der Waals surface area contributed by atoms with Gasteiger partial charge in [-0.3, -0.25) is 0 Å². The molecule has 0 fully saturated rings. The van der Waals surface area contributed by atoms with Crippen LogP contribution in [0.2, 0.25) is 0 Å². The molecule has 0 spiro atoms. The predicted octanol–water partition coefficient (Wildman–Crippen LogP) is 4.46. The molecule has 2 aromatic carbocycles. The van der Waals surface area contributed by atoms with Crippen LogP contribution in [0.1, 0.15) is 37.8 Å². The lowest BCUT2D eigenvalue weighted by Crippen LogP contribution is -2.23. The van der Waals surface area contributed by atoms with Crippen molar-refractivity contribution in [3.05, 3.63) is 41.5 Å². The number of ether oxygens (including phenoxy) is 1. The maximum absolute atomic E-state index is 5.31. The van der Waals surface area contributed by atoms with E-state index in [0.29, 0.717) is 5.41 Å². The second kappa shape index (κ2) is 4.01. The minimum Gasteiger partial charge on any atom is -0.497 e. The van der Waals surface area contributed by atoms with E-state index in [4.69, 9.17) is 4.74 Å². The third-order valence-corrected chi connectivity index (χ3v) is 4.30. The Hall–Kier alpha value is -1.50. The lowest BCUT2D eigenvalue weighted by atomic mass is 9.71. The highest BCUT2D eigenvalue weighted by Gasteiger charge is 2.28. The molecule has 0 aliphatic heterocycles. The van der Waals surface area contributed by atoms with Gasteiger partial charge in [0.1, 0.15) is 5.75 Å². The average Bonchev–Trinajstić information content (AvgIpc) is 2.37. The molecule has 0 unspecified atom stereocenters. The number of aryl methyl sites for hydroxylation is 1. The standard InChI is InChI=1S/C17H20O/c1-17(2)10-4-5-15-14-8-7-13(18-3)11-12(14)6-9-16(15)17/h6-9,11H,4-5,10H2,1-3H3. The van der Waals surface area contributed by atoms with E-state index >= 15 is 0 Å². The first-order chi connectivity index (χ1) is 8.62. The van der Waals surface area contributed by atoms with Crippen molar-refractivity contribution < 1.29 is 4.74 Å². The molecule has 0 heterocycles. The molecule has 0 amide bonds. The quantitative estimate of drug-likeness (QED) is 0.715. The van der Waals surface area contributed by atoms with Crippen LogP contribution in [-0.2, 0) is 11.8 Å². The Bertz CT molecular complexity index is 596. The summed E-state index contributed by atoms with van der Waals surface area (Å²) >= 11 is 0. The molecule has 0 atom stereocenters. The van der Waals surface area contributed by atoms with E-state index in [1.807, 2.05) is 0 Å². The van der Waals surface area contributed by atoms with Gasteiger partial charge in [0.25, 0.3) is 0 Å². The van der Waals surface area contributed by atoms with Crippen LogP contribution in [0.3, 0.4) is 0 Å². The van der Waals surface area contributed by atoms with Crippen LogP contribution in [-0.4, -0.2) is 7.11 Å². The fourth-order valence-electron chi connectivity index (χ4n) is 3.24. The molecule has 3 rings (SSSR count). The van der Waals surface area contributed by atoms with Crippen LogP contribution in [0, 0.1) is 0 Å². The van der Waals surface area contributed by atoms with Gasteiger partial charge in [-0.05, 0) is 58.7 Å². The molecule has 94 valence electrons. The van der Waals surface area contributed by atoms with Crippen molar-refractivity contribution in [3.63, 3.8) is 0 Å². The van der Waals surface area contributed by atoms with Crippen LogP contribution in [0.25, 0.3) is 10.8 Å². The number of methoxy groups -OCH3 is 1. The van der Waals surface area contributed by atoms with Gasteiger partial charge in [-0.1, -0.05) is 32.0 Å². The van der Waals surface area contributed by atoms with Gasteiger partial charge < -0.3 is 4.74 Å². The Morgan fingerprint density at radius 3 is 2.72 bits per heavy atom. The van der Waals surface area contributed by atoms with Crippen LogP contribution in [0.4, 0.5) is 0 Å². The first-order valence-corrected chi connectivity index (χ1v) is 6.72. The molecule has 0 aromatic heterocycles. The van der Waals surface area contributed by atoms with Gasteiger partial charge in [0.15, 0.2) is 0 Å². The average molecular weight is 240 g/mol. The topological polar surface area (TPSA) is 9.23 Å². The maximum atomic E-state index is 5.31. The van der Waals surface area contributed by atoms with Crippen molar-refractivity contribution in [1.29, 1.82) is 0 Å². The van der Waals surface area contributed by atoms with Crippen molar-refractivity contribution >= 4 is 10.8 Å². The van der Waals surface area contributed by atoms with Gasteiger partial charge >= 0.3 is 0 Å². The van der Waals surface area contributed by atoms with Gasteiger partial charge in [-0.25, -0.2) is 0 Å². The smallest absolute Gasteiger partial charge is 0.119 e. The molecular formula is C17H20O. The van der Waals surface area contributed by atoms with Crippen LogP contribution in [0.15, 0.2) is 30.3 Å². The number of hydrogen-bond acceptors (Lipinski definition) is 1. The Labute approximate surface area is 109 Å².